The molecule has 1 atom stereocenters. The minimum absolute atomic E-state index is 0.0439. The number of benzene rings is 2. The van der Waals surface area contributed by atoms with Crippen molar-refractivity contribution in [2.75, 3.05) is 13.2 Å². The molecule has 0 aliphatic carbocycles. The summed E-state index contributed by atoms with van der Waals surface area (Å²) in [5.74, 6) is -0.625. The fraction of sp³-hybridized carbons (Fsp3) is 0.316. The minimum atomic E-state index is -3.69. The lowest BCUT2D eigenvalue weighted by molar-refractivity contribution is -0.384. The molecule has 1 saturated heterocycles. The van der Waals surface area contributed by atoms with Crippen LogP contribution in [0.4, 0.5) is 5.69 Å². The van der Waals surface area contributed by atoms with E-state index < -0.39 is 20.9 Å². The molecule has 9 nitrogen and oxygen atoms in total. The predicted molar refractivity (Wildman–Crippen MR) is 103 cm³/mol. The Kier molecular flexibility index (Phi) is 6.57. The summed E-state index contributed by atoms with van der Waals surface area (Å²) >= 11 is 0. The van der Waals surface area contributed by atoms with Crippen LogP contribution in [0.1, 0.15) is 28.8 Å². The van der Waals surface area contributed by atoms with Gasteiger partial charge in [0.25, 0.3) is 5.69 Å². The number of nitro benzene ring substituents is 1. The summed E-state index contributed by atoms with van der Waals surface area (Å²) in [6.07, 6.45) is 1.63. The molecule has 1 fully saturated rings. The highest BCUT2D eigenvalue weighted by atomic mass is 32.2. The zero-order valence-electron chi connectivity index (χ0n) is 15.4. The molecule has 0 aromatic heterocycles. The first-order valence-electron chi connectivity index (χ1n) is 8.97. The zero-order valence-corrected chi connectivity index (χ0v) is 16.3. The molecule has 0 saturated carbocycles. The Labute approximate surface area is 167 Å². The van der Waals surface area contributed by atoms with E-state index in [1.54, 1.807) is 0 Å². The lowest BCUT2D eigenvalue weighted by Gasteiger charge is -2.11. The maximum Gasteiger partial charge on any atom is 0.338 e. The molecule has 1 heterocycles. The molecule has 154 valence electrons. The van der Waals surface area contributed by atoms with Gasteiger partial charge in [-0.2, -0.15) is 0 Å². The van der Waals surface area contributed by atoms with Gasteiger partial charge in [0.05, 0.1) is 21.5 Å². The average molecular weight is 420 g/mol. The first-order valence-corrected chi connectivity index (χ1v) is 10.5. The number of hydrogen-bond donors (Lipinski definition) is 1. The van der Waals surface area contributed by atoms with E-state index in [0.717, 1.165) is 12.8 Å². The number of ether oxygens (including phenoxy) is 2. The van der Waals surface area contributed by atoms with Crippen LogP contribution < -0.4 is 4.72 Å². The predicted octanol–water partition coefficient (Wildman–Crippen LogP) is 2.41. The van der Waals surface area contributed by atoms with E-state index in [-0.39, 0.29) is 35.4 Å². The van der Waals surface area contributed by atoms with Crippen molar-refractivity contribution in [1.29, 1.82) is 0 Å². The third-order valence-electron chi connectivity index (χ3n) is 4.44. The summed E-state index contributed by atoms with van der Waals surface area (Å²) in [7, 11) is -3.69. The number of sulfonamides is 1. The number of rotatable bonds is 8. The van der Waals surface area contributed by atoms with Crippen molar-refractivity contribution in [3.05, 3.63) is 69.8 Å². The fourth-order valence-corrected chi connectivity index (χ4v) is 3.87. The topological polar surface area (TPSA) is 125 Å². The van der Waals surface area contributed by atoms with Crippen LogP contribution in [0.2, 0.25) is 0 Å². The molecule has 0 radical (unpaired) electrons. The van der Waals surface area contributed by atoms with Gasteiger partial charge in [-0.15, -0.1) is 0 Å². The Balaban J connectivity index is 1.55. The lowest BCUT2D eigenvalue weighted by atomic mass is 10.2. The smallest absolute Gasteiger partial charge is 0.338 e. The molecule has 0 bridgehead atoms. The van der Waals surface area contributed by atoms with Crippen molar-refractivity contribution >= 4 is 21.7 Å². The van der Waals surface area contributed by atoms with Crippen LogP contribution in [0.3, 0.4) is 0 Å². The second-order valence-electron chi connectivity index (χ2n) is 6.51. The summed E-state index contributed by atoms with van der Waals surface area (Å²) in [6.45, 7) is 0.796. The zero-order chi connectivity index (χ0) is 20.9. The Morgan fingerprint density at radius 1 is 1.17 bits per heavy atom. The van der Waals surface area contributed by atoms with Gasteiger partial charge < -0.3 is 9.47 Å². The molecule has 29 heavy (non-hydrogen) atoms. The number of non-ortho nitro benzene ring substituents is 1. The van der Waals surface area contributed by atoms with E-state index >= 15 is 0 Å². The van der Waals surface area contributed by atoms with Crippen molar-refractivity contribution in [3.8, 4) is 0 Å². The third kappa shape index (κ3) is 5.59. The molecule has 1 unspecified atom stereocenters. The molecule has 1 aliphatic heterocycles. The second kappa shape index (κ2) is 9.12. The minimum Gasteiger partial charge on any atom is -0.457 e. The molecule has 1 aliphatic rings. The maximum absolute atomic E-state index is 12.3. The van der Waals surface area contributed by atoms with Crippen LogP contribution in [0.5, 0.6) is 0 Å². The van der Waals surface area contributed by atoms with Crippen LogP contribution in [0, 0.1) is 10.1 Å². The monoisotopic (exact) mass is 420 g/mol. The fourth-order valence-electron chi connectivity index (χ4n) is 2.81. The van der Waals surface area contributed by atoms with Crippen molar-refractivity contribution < 1.29 is 27.6 Å². The summed E-state index contributed by atoms with van der Waals surface area (Å²) in [5, 5.41) is 10.6. The number of hydrogen-bond acceptors (Lipinski definition) is 7. The normalized spacial score (nSPS) is 16.5. The van der Waals surface area contributed by atoms with Gasteiger partial charge in [0, 0.05) is 25.3 Å². The molecule has 0 spiro atoms. The van der Waals surface area contributed by atoms with Gasteiger partial charge in [-0.1, -0.05) is 0 Å². The number of nitrogens with zero attached hydrogens (tertiary/aromatic N) is 1. The molecular formula is C19H20N2O7S. The van der Waals surface area contributed by atoms with Gasteiger partial charge in [0.2, 0.25) is 10.0 Å². The number of esters is 1. The quantitative estimate of drug-likeness (QED) is 0.395. The number of nitro groups is 1. The Morgan fingerprint density at radius 2 is 1.86 bits per heavy atom. The Bertz CT molecular complexity index is 967. The third-order valence-corrected chi connectivity index (χ3v) is 5.88. The molecule has 2 aromatic rings. The number of carbonyl (C=O) groups excluding carboxylic acids is 1. The largest absolute Gasteiger partial charge is 0.457 e. The standard InChI is InChI=1S/C19H20N2O7S/c22-19(28-13-14-3-7-16(8-4-14)21(23)24)15-5-9-18(10-6-15)29(25,26)20-12-17-2-1-11-27-17/h3-10,17,20H,1-2,11-13H2. The summed E-state index contributed by atoms with van der Waals surface area (Å²) < 4.78 is 37.7. The molecule has 10 heteroatoms. The van der Waals surface area contributed by atoms with Gasteiger partial charge in [-0.25, -0.2) is 17.9 Å². The van der Waals surface area contributed by atoms with E-state index in [1.807, 2.05) is 0 Å². The van der Waals surface area contributed by atoms with Crippen LogP contribution >= 0.6 is 0 Å². The van der Waals surface area contributed by atoms with Crippen LogP contribution in [-0.2, 0) is 26.1 Å². The van der Waals surface area contributed by atoms with Crippen molar-refractivity contribution in [2.24, 2.45) is 0 Å². The molecular weight excluding hydrogens is 400 g/mol. The summed E-state index contributed by atoms with van der Waals surface area (Å²) in [5.41, 5.74) is 0.747. The van der Waals surface area contributed by atoms with Crippen LogP contribution in [-0.4, -0.2) is 38.6 Å². The van der Waals surface area contributed by atoms with E-state index in [1.165, 1.54) is 48.5 Å². The van der Waals surface area contributed by atoms with E-state index in [4.69, 9.17) is 9.47 Å². The molecule has 1 N–H and O–H groups in total. The van der Waals surface area contributed by atoms with Crippen molar-refractivity contribution in [2.45, 2.75) is 30.4 Å². The second-order valence-corrected chi connectivity index (χ2v) is 8.28. The number of nitrogens with one attached hydrogen (secondary N) is 1. The van der Waals surface area contributed by atoms with Crippen molar-refractivity contribution in [3.63, 3.8) is 0 Å². The molecule has 3 rings (SSSR count). The Morgan fingerprint density at radius 3 is 2.45 bits per heavy atom. The maximum atomic E-state index is 12.3. The van der Waals surface area contributed by atoms with Gasteiger partial charge in [-0.3, -0.25) is 10.1 Å². The van der Waals surface area contributed by atoms with Gasteiger partial charge in [-0.05, 0) is 54.8 Å². The van der Waals surface area contributed by atoms with E-state index in [9.17, 15) is 23.3 Å². The molecule has 0 amide bonds. The first-order chi connectivity index (χ1) is 13.8. The van der Waals surface area contributed by atoms with E-state index in [2.05, 4.69) is 4.72 Å². The van der Waals surface area contributed by atoms with Gasteiger partial charge in [0.1, 0.15) is 6.61 Å². The lowest BCUT2D eigenvalue weighted by Crippen LogP contribution is -2.31. The van der Waals surface area contributed by atoms with Crippen LogP contribution in [0.15, 0.2) is 53.4 Å². The highest BCUT2D eigenvalue weighted by Crippen LogP contribution is 2.16. The summed E-state index contributed by atoms with van der Waals surface area (Å²) in [4.78, 5) is 22.3. The molecule has 2 aromatic carbocycles. The van der Waals surface area contributed by atoms with Crippen molar-refractivity contribution in [1.82, 2.24) is 4.72 Å². The average Bonchev–Trinajstić information content (AvgIpc) is 3.25. The number of carbonyl (C=O) groups is 1. The Hall–Kier alpha value is -2.82. The first kappa shape index (κ1) is 20.9. The highest BCUT2D eigenvalue weighted by molar-refractivity contribution is 7.89. The highest BCUT2D eigenvalue weighted by Gasteiger charge is 2.20. The van der Waals surface area contributed by atoms with Crippen LogP contribution in [0.25, 0.3) is 0 Å². The SMILES string of the molecule is O=C(OCc1ccc([N+](=O)[O-])cc1)c1ccc(S(=O)(=O)NCC2CCCO2)cc1. The van der Waals surface area contributed by atoms with E-state index in [0.29, 0.717) is 12.2 Å². The van der Waals surface area contributed by atoms with Gasteiger partial charge in [0.15, 0.2) is 0 Å². The summed E-state index contributed by atoms with van der Waals surface area (Å²) in [6, 6.07) is 11.1. The van der Waals surface area contributed by atoms with Gasteiger partial charge >= 0.3 is 5.97 Å².